The van der Waals surface area contributed by atoms with E-state index in [1.807, 2.05) is 14.0 Å². The summed E-state index contributed by atoms with van der Waals surface area (Å²) in [6.45, 7) is 4.23. The van der Waals surface area contributed by atoms with Crippen LogP contribution in [-0.4, -0.2) is 38.5 Å². The van der Waals surface area contributed by atoms with Crippen molar-refractivity contribution in [3.8, 4) is 0 Å². The maximum absolute atomic E-state index is 11.3. The monoisotopic (exact) mass is 229 g/mol. The fraction of sp³-hybridized carbons (Fsp3) is 0.818. The average Bonchev–Trinajstić information content (AvgIpc) is 2.29. The normalized spacial score (nSPS) is 9.88. The van der Waals surface area contributed by atoms with Crippen LogP contribution in [0.3, 0.4) is 0 Å². The minimum atomic E-state index is -0.0530. The molecule has 0 heterocycles. The first-order chi connectivity index (χ1) is 7.70. The van der Waals surface area contributed by atoms with Crippen LogP contribution in [0, 0.1) is 0 Å². The Hall–Kier alpha value is -1.10. The van der Waals surface area contributed by atoms with E-state index in [2.05, 4.69) is 16.0 Å². The van der Waals surface area contributed by atoms with Crippen LogP contribution in [0.1, 0.15) is 32.6 Å². The molecule has 0 atom stereocenters. The van der Waals surface area contributed by atoms with Gasteiger partial charge in [-0.1, -0.05) is 6.92 Å². The van der Waals surface area contributed by atoms with Crippen molar-refractivity contribution in [2.45, 2.75) is 32.6 Å². The lowest BCUT2D eigenvalue weighted by Crippen LogP contribution is -2.29. The molecule has 3 N–H and O–H groups in total. The van der Waals surface area contributed by atoms with Gasteiger partial charge in [0.15, 0.2) is 0 Å². The predicted octanol–water partition coefficient (Wildman–Crippen LogP) is 0.0185. The summed E-state index contributed by atoms with van der Waals surface area (Å²) in [6.07, 6.45) is 2.37. The summed E-state index contributed by atoms with van der Waals surface area (Å²) < 4.78 is 0. The van der Waals surface area contributed by atoms with Gasteiger partial charge in [0.05, 0.1) is 0 Å². The Kier molecular flexibility index (Phi) is 9.70. The van der Waals surface area contributed by atoms with Crippen molar-refractivity contribution in [3.63, 3.8) is 0 Å². The van der Waals surface area contributed by atoms with Gasteiger partial charge in [-0.3, -0.25) is 9.59 Å². The minimum absolute atomic E-state index is 0.0489. The van der Waals surface area contributed by atoms with Gasteiger partial charge in [0.2, 0.25) is 11.8 Å². The van der Waals surface area contributed by atoms with Crippen molar-refractivity contribution >= 4 is 11.8 Å². The zero-order valence-electron chi connectivity index (χ0n) is 10.3. The summed E-state index contributed by atoms with van der Waals surface area (Å²) in [5.74, 6) is -0.102. The lowest BCUT2D eigenvalue weighted by atomic mass is 10.2. The van der Waals surface area contributed by atoms with Crippen LogP contribution in [0.2, 0.25) is 0 Å². The van der Waals surface area contributed by atoms with E-state index in [1.54, 1.807) is 0 Å². The Morgan fingerprint density at radius 3 is 2.00 bits per heavy atom. The second-order valence-corrected chi connectivity index (χ2v) is 3.66. The number of hydrogen-bond donors (Lipinski definition) is 3. The molecule has 0 spiro atoms. The Balaban J connectivity index is 3.38. The number of amides is 2. The standard InChI is InChI=1S/C11H23N3O2/c1-3-7-13-10(15)5-6-11(16)14-9-4-8-12-2/h12H,3-9H2,1-2H3,(H,13,15)(H,14,16). The van der Waals surface area contributed by atoms with Crippen LogP contribution in [0.15, 0.2) is 0 Å². The highest BCUT2D eigenvalue weighted by Gasteiger charge is 2.05. The van der Waals surface area contributed by atoms with E-state index in [-0.39, 0.29) is 24.7 Å². The lowest BCUT2D eigenvalue weighted by molar-refractivity contribution is -0.126. The van der Waals surface area contributed by atoms with Gasteiger partial charge in [0.25, 0.3) is 0 Å². The zero-order valence-corrected chi connectivity index (χ0v) is 10.3. The molecule has 5 nitrogen and oxygen atoms in total. The molecule has 0 rings (SSSR count). The second-order valence-electron chi connectivity index (χ2n) is 3.66. The van der Waals surface area contributed by atoms with E-state index in [0.29, 0.717) is 13.1 Å². The highest BCUT2D eigenvalue weighted by molar-refractivity contribution is 5.83. The number of nitrogens with one attached hydrogen (secondary N) is 3. The van der Waals surface area contributed by atoms with Crippen molar-refractivity contribution in [1.82, 2.24) is 16.0 Å². The summed E-state index contributed by atoms with van der Waals surface area (Å²) >= 11 is 0. The molecule has 0 aliphatic rings. The Morgan fingerprint density at radius 1 is 0.938 bits per heavy atom. The summed E-state index contributed by atoms with van der Waals surface area (Å²) in [6, 6.07) is 0. The number of carbonyl (C=O) groups excluding carboxylic acids is 2. The van der Waals surface area contributed by atoms with E-state index in [9.17, 15) is 9.59 Å². The Morgan fingerprint density at radius 2 is 1.50 bits per heavy atom. The molecule has 0 aliphatic carbocycles. The van der Waals surface area contributed by atoms with Gasteiger partial charge in [0, 0.05) is 25.9 Å². The maximum atomic E-state index is 11.3. The minimum Gasteiger partial charge on any atom is -0.356 e. The number of carbonyl (C=O) groups is 2. The molecule has 0 aromatic rings. The highest BCUT2D eigenvalue weighted by atomic mass is 16.2. The SMILES string of the molecule is CCCNC(=O)CCC(=O)NCCCNC. The van der Waals surface area contributed by atoms with Gasteiger partial charge in [-0.15, -0.1) is 0 Å². The van der Waals surface area contributed by atoms with Crippen molar-refractivity contribution in [1.29, 1.82) is 0 Å². The lowest BCUT2D eigenvalue weighted by Gasteiger charge is -2.05. The predicted molar refractivity (Wildman–Crippen MR) is 64.1 cm³/mol. The molecule has 2 amide bonds. The third-order valence-electron chi connectivity index (χ3n) is 2.08. The molecule has 0 radical (unpaired) electrons. The topological polar surface area (TPSA) is 70.2 Å². The molecule has 0 aromatic heterocycles. The third-order valence-corrected chi connectivity index (χ3v) is 2.08. The molecule has 94 valence electrons. The van der Waals surface area contributed by atoms with Crippen molar-refractivity contribution in [2.75, 3.05) is 26.7 Å². The first kappa shape index (κ1) is 14.9. The smallest absolute Gasteiger partial charge is 0.220 e. The van der Waals surface area contributed by atoms with Crippen LogP contribution in [-0.2, 0) is 9.59 Å². The molecule has 0 aliphatic heterocycles. The first-order valence-electron chi connectivity index (χ1n) is 5.88. The van der Waals surface area contributed by atoms with E-state index in [1.165, 1.54) is 0 Å². The second kappa shape index (κ2) is 10.4. The Labute approximate surface area is 97.4 Å². The zero-order chi connectivity index (χ0) is 12.2. The van der Waals surface area contributed by atoms with Gasteiger partial charge in [-0.2, -0.15) is 0 Å². The van der Waals surface area contributed by atoms with Crippen LogP contribution < -0.4 is 16.0 Å². The van der Waals surface area contributed by atoms with E-state index in [4.69, 9.17) is 0 Å². The van der Waals surface area contributed by atoms with Crippen LogP contribution in [0.25, 0.3) is 0 Å². The molecule has 0 fully saturated rings. The molecule has 0 unspecified atom stereocenters. The van der Waals surface area contributed by atoms with Gasteiger partial charge in [0.1, 0.15) is 0 Å². The van der Waals surface area contributed by atoms with E-state index in [0.717, 1.165) is 19.4 Å². The first-order valence-corrected chi connectivity index (χ1v) is 5.88. The van der Waals surface area contributed by atoms with Crippen LogP contribution in [0.5, 0.6) is 0 Å². The fourth-order valence-corrected chi connectivity index (χ4v) is 1.16. The quantitative estimate of drug-likeness (QED) is 0.488. The van der Waals surface area contributed by atoms with Gasteiger partial charge in [-0.25, -0.2) is 0 Å². The van der Waals surface area contributed by atoms with Gasteiger partial charge < -0.3 is 16.0 Å². The summed E-state index contributed by atoms with van der Waals surface area (Å²) in [5.41, 5.74) is 0. The molecule has 0 aromatic carbocycles. The maximum Gasteiger partial charge on any atom is 0.220 e. The van der Waals surface area contributed by atoms with Crippen molar-refractivity contribution in [3.05, 3.63) is 0 Å². The van der Waals surface area contributed by atoms with Gasteiger partial charge >= 0.3 is 0 Å². The van der Waals surface area contributed by atoms with E-state index >= 15 is 0 Å². The molecule has 16 heavy (non-hydrogen) atoms. The third kappa shape index (κ3) is 9.45. The van der Waals surface area contributed by atoms with Crippen molar-refractivity contribution in [2.24, 2.45) is 0 Å². The summed E-state index contributed by atoms with van der Waals surface area (Å²) in [7, 11) is 1.87. The fourth-order valence-electron chi connectivity index (χ4n) is 1.16. The van der Waals surface area contributed by atoms with E-state index < -0.39 is 0 Å². The molecule has 0 saturated heterocycles. The van der Waals surface area contributed by atoms with Crippen molar-refractivity contribution < 1.29 is 9.59 Å². The Bertz CT molecular complexity index is 207. The molecule has 5 heteroatoms. The highest BCUT2D eigenvalue weighted by Crippen LogP contribution is 1.89. The molecule has 0 bridgehead atoms. The largest absolute Gasteiger partial charge is 0.356 e. The molecule has 0 saturated carbocycles. The summed E-state index contributed by atoms with van der Waals surface area (Å²) in [4.78, 5) is 22.5. The number of hydrogen-bond acceptors (Lipinski definition) is 3. The summed E-state index contributed by atoms with van der Waals surface area (Å²) in [5, 5.41) is 8.50. The number of rotatable bonds is 9. The molecular formula is C11H23N3O2. The van der Waals surface area contributed by atoms with Crippen LogP contribution >= 0.6 is 0 Å². The van der Waals surface area contributed by atoms with Gasteiger partial charge in [-0.05, 0) is 26.4 Å². The van der Waals surface area contributed by atoms with Crippen LogP contribution in [0.4, 0.5) is 0 Å². The average molecular weight is 229 g/mol. The molecular weight excluding hydrogens is 206 g/mol.